The summed E-state index contributed by atoms with van der Waals surface area (Å²) in [4.78, 5) is 4.73. The SMILES string of the molecule is CC(C)c1cnc(-c2ccc3cc(C#N)cnn23)cc1N[C@H]1CC[C@H](c2ccn(C(F)F)c2)CC1. The molecule has 0 atom stereocenters. The fraction of sp³-hybridized carbons (Fsp3) is 0.370. The van der Waals surface area contributed by atoms with Gasteiger partial charge >= 0.3 is 6.55 Å². The van der Waals surface area contributed by atoms with Crippen LogP contribution in [0.5, 0.6) is 0 Å². The number of pyridine rings is 1. The lowest BCUT2D eigenvalue weighted by Crippen LogP contribution is -2.26. The number of fused-ring (bicyclic) bond motifs is 1. The Morgan fingerprint density at radius 1 is 1.09 bits per heavy atom. The number of rotatable bonds is 6. The molecule has 5 rings (SSSR count). The first-order valence-corrected chi connectivity index (χ1v) is 12.0. The molecule has 0 aliphatic heterocycles. The Hall–Kier alpha value is -3.73. The minimum atomic E-state index is -2.49. The zero-order valence-corrected chi connectivity index (χ0v) is 19.8. The van der Waals surface area contributed by atoms with Crippen LogP contribution in [-0.4, -0.2) is 25.2 Å². The highest BCUT2D eigenvalue weighted by Crippen LogP contribution is 2.36. The van der Waals surface area contributed by atoms with Crippen LogP contribution in [-0.2, 0) is 0 Å². The molecule has 0 radical (unpaired) electrons. The Bertz CT molecular complexity index is 1370. The van der Waals surface area contributed by atoms with Crippen LogP contribution in [0.3, 0.4) is 0 Å². The summed E-state index contributed by atoms with van der Waals surface area (Å²) in [6, 6.07) is 12.1. The van der Waals surface area contributed by atoms with Gasteiger partial charge in [-0.05, 0) is 79.0 Å². The van der Waals surface area contributed by atoms with Crippen molar-refractivity contribution in [2.24, 2.45) is 0 Å². The third kappa shape index (κ3) is 4.63. The van der Waals surface area contributed by atoms with Crippen molar-refractivity contribution < 1.29 is 8.78 Å². The molecular formula is C27H28F2N6. The molecule has 4 aromatic rings. The number of nitriles is 1. The molecule has 4 heterocycles. The zero-order chi connectivity index (χ0) is 24.5. The predicted octanol–water partition coefficient (Wildman–Crippen LogP) is 6.73. The Morgan fingerprint density at radius 3 is 2.57 bits per heavy atom. The fourth-order valence-electron chi connectivity index (χ4n) is 5.03. The molecule has 1 fully saturated rings. The Morgan fingerprint density at radius 2 is 1.89 bits per heavy atom. The van der Waals surface area contributed by atoms with Gasteiger partial charge in [0.2, 0.25) is 0 Å². The molecule has 0 saturated heterocycles. The summed E-state index contributed by atoms with van der Waals surface area (Å²) in [6.45, 7) is 1.83. The molecule has 1 aliphatic rings. The smallest absolute Gasteiger partial charge is 0.318 e. The molecule has 1 aliphatic carbocycles. The topological polar surface area (TPSA) is 70.9 Å². The summed E-state index contributed by atoms with van der Waals surface area (Å²) in [5.74, 6) is 0.631. The van der Waals surface area contributed by atoms with Gasteiger partial charge in [-0.25, -0.2) is 4.52 Å². The van der Waals surface area contributed by atoms with Gasteiger partial charge in [-0.3, -0.25) is 9.55 Å². The van der Waals surface area contributed by atoms with E-state index in [9.17, 15) is 8.78 Å². The van der Waals surface area contributed by atoms with Gasteiger partial charge in [0.1, 0.15) is 6.07 Å². The molecule has 0 unspecified atom stereocenters. The van der Waals surface area contributed by atoms with E-state index < -0.39 is 6.55 Å². The summed E-state index contributed by atoms with van der Waals surface area (Å²) >= 11 is 0. The first kappa shape index (κ1) is 23.0. The van der Waals surface area contributed by atoms with Gasteiger partial charge < -0.3 is 5.32 Å². The van der Waals surface area contributed by atoms with Crippen molar-refractivity contribution in [1.29, 1.82) is 5.26 Å². The first-order chi connectivity index (χ1) is 16.9. The summed E-state index contributed by atoms with van der Waals surface area (Å²) in [5.41, 5.74) is 6.29. The summed E-state index contributed by atoms with van der Waals surface area (Å²) in [7, 11) is 0. The van der Waals surface area contributed by atoms with E-state index in [0.717, 1.165) is 64.0 Å². The lowest BCUT2D eigenvalue weighted by molar-refractivity contribution is 0.0705. The number of nitrogens with one attached hydrogen (secondary N) is 1. The standard InChI is InChI=1S/C27H28F2N6/c1-17(2)23-15-31-25(26-8-7-22-11-18(13-30)14-32-35(22)26)12-24(23)33-21-5-3-19(4-6-21)20-9-10-34(16-20)27(28)29/h7-12,14-17,19,21,27H,3-6H2,1-2H3,(H,31,33)/t19-,21-. The van der Waals surface area contributed by atoms with Crippen molar-refractivity contribution in [3.05, 3.63) is 71.8 Å². The molecule has 0 amide bonds. The van der Waals surface area contributed by atoms with Crippen LogP contribution in [0.25, 0.3) is 16.9 Å². The van der Waals surface area contributed by atoms with Crippen LogP contribution >= 0.6 is 0 Å². The summed E-state index contributed by atoms with van der Waals surface area (Å²) in [5, 5.41) is 17.3. The van der Waals surface area contributed by atoms with E-state index >= 15 is 0 Å². The molecule has 35 heavy (non-hydrogen) atoms. The number of hydrogen-bond acceptors (Lipinski definition) is 4. The minimum absolute atomic E-state index is 0.310. The number of halogens is 2. The van der Waals surface area contributed by atoms with Crippen LogP contribution in [0.15, 0.2) is 55.1 Å². The van der Waals surface area contributed by atoms with Crippen molar-refractivity contribution in [3.63, 3.8) is 0 Å². The Labute approximate surface area is 203 Å². The normalized spacial score (nSPS) is 18.3. The lowest BCUT2D eigenvalue weighted by atomic mass is 9.82. The van der Waals surface area contributed by atoms with Crippen molar-refractivity contribution >= 4 is 11.2 Å². The quantitative estimate of drug-likeness (QED) is 0.336. The molecule has 180 valence electrons. The molecule has 0 spiro atoms. The highest BCUT2D eigenvalue weighted by Gasteiger charge is 2.25. The third-order valence-corrected chi connectivity index (χ3v) is 6.97. The molecule has 4 aromatic heterocycles. The van der Waals surface area contributed by atoms with E-state index in [4.69, 9.17) is 10.2 Å². The number of nitrogens with zero attached hydrogens (tertiary/aromatic N) is 5. The number of anilines is 1. The van der Waals surface area contributed by atoms with Gasteiger partial charge in [0.15, 0.2) is 0 Å². The average Bonchev–Trinajstić information content (AvgIpc) is 3.52. The second-order valence-corrected chi connectivity index (χ2v) is 9.59. The van der Waals surface area contributed by atoms with Gasteiger partial charge in [-0.1, -0.05) is 13.8 Å². The van der Waals surface area contributed by atoms with Gasteiger partial charge in [0.25, 0.3) is 0 Å². The Balaban J connectivity index is 1.35. The number of hydrogen-bond donors (Lipinski definition) is 1. The van der Waals surface area contributed by atoms with Crippen LogP contribution in [0.2, 0.25) is 0 Å². The maximum atomic E-state index is 12.9. The van der Waals surface area contributed by atoms with Crippen LogP contribution in [0.4, 0.5) is 14.5 Å². The monoisotopic (exact) mass is 474 g/mol. The Kier molecular flexibility index (Phi) is 6.25. The zero-order valence-electron chi connectivity index (χ0n) is 19.8. The first-order valence-electron chi connectivity index (χ1n) is 12.0. The van der Waals surface area contributed by atoms with E-state index in [0.29, 0.717) is 23.4 Å². The largest absolute Gasteiger partial charge is 0.382 e. The number of alkyl halides is 2. The molecule has 1 N–H and O–H groups in total. The molecule has 8 heteroatoms. The van der Waals surface area contributed by atoms with Crippen molar-refractivity contribution in [2.75, 3.05) is 5.32 Å². The van der Waals surface area contributed by atoms with Gasteiger partial charge in [0, 0.05) is 30.3 Å². The molecule has 0 bridgehead atoms. The van der Waals surface area contributed by atoms with Crippen LogP contribution in [0, 0.1) is 11.3 Å². The average molecular weight is 475 g/mol. The van der Waals surface area contributed by atoms with E-state index in [-0.39, 0.29) is 0 Å². The fourth-order valence-corrected chi connectivity index (χ4v) is 5.03. The minimum Gasteiger partial charge on any atom is -0.382 e. The van der Waals surface area contributed by atoms with E-state index in [1.165, 1.54) is 6.20 Å². The van der Waals surface area contributed by atoms with E-state index in [1.807, 2.05) is 30.5 Å². The van der Waals surface area contributed by atoms with Crippen molar-refractivity contribution in [3.8, 4) is 17.5 Å². The second kappa shape index (κ2) is 9.49. The summed E-state index contributed by atoms with van der Waals surface area (Å²) < 4.78 is 28.7. The maximum absolute atomic E-state index is 12.9. The second-order valence-electron chi connectivity index (χ2n) is 9.59. The van der Waals surface area contributed by atoms with Gasteiger partial charge in [-0.15, -0.1) is 0 Å². The van der Waals surface area contributed by atoms with E-state index in [2.05, 4.69) is 36.4 Å². The lowest BCUT2D eigenvalue weighted by Gasteiger charge is -2.30. The van der Waals surface area contributed by atoms with Gasteiger partial charge in [0.05, 0.1) is 28.7 Å². The van der Waals surface area contributed by atoms with E-state index in [1.54, 1.807) is 16.9 Å². The third-order valence-electron chi connectivity index (χ3n) is 6.97. The molecular weight excluding hydrogens is 446 g/mol. The number of aromatic nitrogens is 4. The molecule has 6 nitrogen and oxygen atoms in total. The highest BCUT2D eigenvalue weighted by atomic mass is 19.3. The van der Waals surface area contributed by atoms with Crippen LogP contribution < -0.4 is 5.32 Å². The predicted molar refractivity (Wildman–Crippen MR) is 132 cm³/mol. The van der Waals surface area contributed by atoms with Crippen LogP contribution in [0.1, 0.15) is 74.6 Å². The molecule has 1 saturated carbocycles. The summed E-state index contributed by atoms with van der Waals surface area (Å²) in [6.07, 6.45) is 10.4. The van der Waals surface area contributed by atoms with Crippen molar-refractivity contribution in [2.45, 2.75) is 64.0 Å². The van der Waals surface area contributed by atoms with Gasteiger partial charge in [-0.2, -0.15) is 19.1 Å². The van der Waals surface area contributed by atoms with Crippen molar-refractivity contribution in [1.82, 2.24) is 19.2 Å². The highest BCUT2D eigenvalue weighted by molar-refractivity contribution is 5.69. The molecule has 0 aromatic carbocycles. The maximum Gasteiger partial charge on any atom is 0.318 e.